The topological polar surface area (TPSA) is 51.7 Å². The van der Waals surface area contributed by atoms with E-state index < -0.39 is 0 Å². The van der Waals surface area contributed by atoms with Crippen LogP contribution in [0.1, 0.15) is 38.5 Å². The van der Waals surface area contributed by atoms with E-state index in [4.69, 9.17) is 9.47 Å². The zero-order valence-electron chi connectivity index (χ0n) is 13.4. The van der Waals surface area contributed by atoms with Crippen molar-refractivity contribution >= 4 is 5.91 Å². The summed E-state index contributed by atoms with van der Waals surface area (Å²) >= 11 is 0. The Labute approximate surface area is 137 Å². The van der Waals surface area contributed by atoms with Crippen LogP contribution in [-0.2, 0) is 9.53 Å². The predicted molar refractivity (Wildman–Crippen MR) is 85.1 cm³/mol. The lowest BCUT2D eigenvalue weighted by molar-refractivity contribution is -0.136. The van der Waals surface area contributed by atoms with E-state index in [1.54, 1.807) is 12.4 Å². The number of carbonyl (C=O) groups is 1. The van der Waals surface area contributed by atoms with Crippen molar-refractivity contribution in [1.29, 1.82) is 0 Å². The molecular formula is C18H24N2O3. The van der Waals surface area contributed by atoms with Crippen molar-refractivity contribution in [2.24, 2.45) is 5.92 Å². The molecule has 23 heavy (non-hydrogen) atoms. The highest BCUT2D eigenvalue weighted by Crippen LogP contribution is 2.38. The second kappa shape index (κ2) is 6.11. The number of hydrogen-bond acceptors (Lipinski definition) is 4. The van der Waals surface area contributed by atoms with E-state index in [2.05, 4.69) is 4.98 Å². The second-order valence-electron chi connectivity index (χ2n) is 7.16. The Kier molecular flexibility index (Phi) is 3.97. The van der Waals surface area contributed by atoms with E-state index in [-0.39, 0.29) is 11.7 Å². The molecule has 3 fully saturated rings. The largest absolute Gasteiger partial charge is 0.486 e. The molecule has 1 aromatic heterocycles. The van der Waals surface area contributed by atoms with Gasteiger partial charge in [0.25, 0.3) is 0 Å². The third-order valence-electron chi connectivity index (χ3n) is 5.30. The molecule has 2 aliphatic heterocycles. The van der Waals surface area contributed by atoms with Gasteiger partial charge in [-0.2, -0.15) is 0 Å². The van der Waals surface area contributed by atoms with Crippen molar-refractivity contribution in [2.75, 3.05) is 19.7 Å². The lowest BCUT2D eigenvalue weighted by Gasteiger charge is -2.38. The van der Waals surface area contributed by atoms with Gasteiger partial charge in [0.15, 0.2) is 0 Å². The molecule has 3 heterocycles. The Balaban J connectivity index is 1.28. The zero-order valence-corrected chi connectivity index (χ0v) is 13.4. The average molecular weight is 316 g/mol. The first kappa shape index (κ1) is 14.9. The van der Waals surface area contributed by atoms with Crippen LogP contribution >= 0.6 is 0 Å². The van der Waals surface area contributed by atoms with E-state index in [1.807, 2.05) is 17.0 Å². The van der Waals surface area contributed by atoms with Crippen LogP contribution in [0.15, 0.2) is 24.5 Å². The Bertz CT molecular complexity index is 551. The van der Waals surface area contributed by atoms with Crippen LogP contribution in [0.2, 0.25) is 0 Å². The molecule has 1 aliphatic carbocycles. The fourth-order valence-corrected chi connectivity index (χ4v) is 3.70. The quantitative estimate of drug-likeness (QED) is 0.856. The van der Waals surface area contributed by atoms with Gasteiger partial charge < -0.3 is 14.4 Å². The molecule has 1 unspecified atom stereocenters. The fraction of sp³-hybridized carbons (Fsp3) is 0.667. The fourth-order valence-electron chi connectivity index (χ4n) is 3.70. The third kappa shape index (κ3) is 3.50. The highest BCUT2D eigenvalue weighted by molar-refractivity contribution is 5.76. The predicted octanol–water partition coefficient (Wildman–Crippen LogP) is 2.41. The number of hydrogen-bond donors (Lipinski definition) is 0. The van der Waals surface area contributed by atoms with Gasteiger partial charge in [0, 0.05) is 32.1 Å². The lowest BCUT2D eigenvalue weighted by atomic mass is 9.88. The minimum absolute atomic E-state index is 0.0907. The van der Waals surface area contributed by atoms with Crippen LogP contribution in [0.25, 0.3) is 0 Å². The van der Waals surface area contributed by atoms with Crippen molar-refractivity contribution in [2.45, 2.75) is 50.2 Å². The van der Waals surface area contributed by atoms with Crippen LogP contribution in [0.5, 0.6) is 5.75 Å². The summed E-state index contributed by atoms with van der Waals surface area (Å²) in [6, 6.07) is 3.81. The maximum Gasteiger partial charge on any atom is 0.222 e. The molecule has 0 aromatic carbocycles. The van der Waals surface area contributed by atoms with Gasteiger partial charge >= 0.3 is 0 Å². The van der Waals surface area contributed by atoms with Gasteiger partial charge in [-0.1, -0.05) is 0 Å². The number of piperidine rings is 1. The number of carbonyl (C=O) groups excluding carboxylic acids is 1. The van der Waals surface area contributed by atoms with Crippen LogP contribution < -0.4 is 4.74 Å². The summed E-state index contributed by atoms with van der Waals surface area (Å²) in [4.78, 5) is 18.3. The number of amides is 1. The molecular weight excluding hydrogens is 292 g/mol. The van der Waals surface area contributed by atoms with Crippen molar-refractivity contribution in [3.05, 3.63) is 24.5 Å². The van der Waals surface area contributed by atoms with Crippen LogP contribution in [0.4, 0.5) is 0 Å². The van der Waals surface area contributed by atoms with E-state index in [0.717, 1.165) is 44.5 Å². The molecule has 124 valence electrons. The first-order valence-electron chi connectivity index (χ1n) is 8.71. The van der Waals surface area contributed by atoms with Crippen molar-refractivity contribution in [3.8, 4) is 5.75 Å². The number of rotatable bonds is 4. The zero-order chi connectivity index (χ0) is 15.7. The summed E-state index contributed by atoms with van der Waals surface area (Å²) in [5, 5.41) is 0. The molecule has 2 saturated heterocycles. The number of likely N-dealkylation sites (tertiary alicyclic amines) is 1. The Morgan fingerprint density at radius 2 is 2.22 bits per heavy atom. The number of ether oxygens (including phenoxy) is 2. The van der Waals surface area contributed by atoms with Gasteiger partial charge in [0.1, 0.15) is 11.9 Å². The molecule has 5 heteroatoms. The molecule has 1 saturated carbocycles. The third-order valence-corrected chi connectivity index (χ3v) is 5.30. The molecule has 1 spiro atoms. The van der Waals surface area contributed by atoms with Crippen molar-refractivity contribution in [1.82, 2.24) is 9.88 Å². The van der Waals surface area contributed by atoms with Gasteiger partial charge in [0.2, 0.25) is 5.91 Å². The maximum absolute atomic E-state index is 12.2. The minimum atomic E-state index is -0.0940. The molecule has 1 aromatic rings. The van der Waals surface area contributed by atoms with Crippen LogP contribution in [0.3, 0.4) is 0 Å². The molecule has 0 bridgehead atoms. The molecule has 4 rings (SSSR count). The lowest BCUT2D eigenvalue weighted by Crippen LogP contribution is -2.46. The van der Waals surface area contributed by atoms with E-state index in [0.29, 0.717) is 18.4 Å². The molecule has 3 aliphatic rings. The van der Waals surface area contributed by atoms with Crippen molar-refractivity contribution in [3.63, 3.8) is 0 Å². The summed E-state index contributed by atoms with van der Waals surface area (Å²) in [5.74, 6) is 1.80. The maximum atomic E-state index is 12.2. The first-order chi connectivity index (χ1) is 11.2. The smallest absolute Gasteiger partial charge is 0.222 e. The summed E-state index contributed by atoms with van der Waals surface area (Å²) in [7, 11) is 0. The second-order valence-corrected chi connectivity index (χ2v) is 7.16. The number of nitrogens with zero attached hydrogens (tertiary/aromatic N) is 2. The van der Waals surface area contributed by atoms with Gasteiger partial charge in [-0.05, 0) is 43.7 Å². The SMILES string of the molecule is O=C(CC1CC1)N1CCC2(CC1)CC(Oc1cccnc1)CO2. The number of aromatic nitrogens is 1. The van der Waals surface area contributed by atoms with E-state index >= 15 is 0 Å². The summed E-state index contributed by atoms with van der Waals surface area (Å²) in [6.07, 6.45) is 9.56. The van der Waals surface area contributed by atoms with Gasteiger partial charge in [-0.25, -0.2) is 0 Å². The summed E-state index contributed by atoms with van der Waals surface area (Å²) in [6.45, 7) is 2.28. The van der Waals surface area contributed by atoms with Gasteiger partial charge in [0.05, 0.1) is 18.4 Å². The Hall–Kier alpha value is -1.62. The van der Waals surface area contributed by atoms with Crippen LogP contribution in [0, 0.1) is 5.92 Å². The Morgan fingerprint density at radius 1 is 1.39 bits per heavy atom. The van der Waals surface area contributed by atoms with Crippen LogP contribution in [-0.4, -0.2) is 47.2 Å². The van der Waals surface area contributed by atoms with E-state index in [1.165, 1.54) is 12.8 Å². The van der Waals surface area contributed by atoms with E-state index in [9.17, 15) is 4.79 Å². The van der Waals surface area contributed by atoms with Gasteiger partial charge in [-0.15, -0.1) is 0 Å². The minimum Gasteiger partial charge on any atom is -0.486 e. The summed E-state index contributed by atoms with van der Waals surface area (Å²) in [5.41, 5.74) is -0.0940. The standard InChI is InChI=1S/C18H24N2O3/c21-17(10-14-3-4-14)20-8-5-18(6-9-20)11-16(13-22-18)23-15-2-1-7-19-12-15/h1-2,7,12,14,16H,3-6,8-11,13H2. The monoisotopic (exact) mass is 316 g/mol. The highest BCUT2D eigenvalue weighted by atomic mass is 16.6. The first-order valence-corrected chi connectivity index (χ1v) is 8.71. The summed E-state index contributed by atoms with van der Waals surface area (Å²) < 4.78 is 12.1. The molecule has 5 nitrogen and oxygen atoms in total. The van der Waals surface area contributed by atoms with Crippen molar-refractivity contribution < 1.29 is 14.3 Å². The highest BCUT2D eigenvalue weighted by Gasteiger charge is 2.44. The average Bonchev–Trinajstić information content (AvgIpc) is 3.31. The normalized spacial score (nSPS) is 26.4. The molecule has 0 N–H and O–H groups in total. The Morgan fingerprint density at radius 3 is 2.91 bits per heavy atom. The van der Waals surface area contributed by atoms with Gasteiger partial charge in [-0.3, -0.25) is 9.78 Å². The molecule has 0 radical (unpaired) electrons. The number of pyridine rings is 1. The molecule has 1 amide bonds. The molecule has 1 atom stereocenters.